The van der Waals surface area contributed by atoms with E-state index in [1.807, 2.05) is 24.3 Å². The number of nitrogens with zero attached hydrogens (tertiary/aromatic N) is 2. The number of nitriles is 1. The van der Waals surface area contributed by atoms with Gasteiger partial charge < -0.3 is 10.2 Å². The molecule has 0 aliphatic rings. The van der Waals surface area contributed by atoms with Crippen molar-refractivity contribution in [3.63, 3.8) is 0 Å². The zero-order valence-electron chi connectivity index (χ0n) is 10.0. The topological polar surface area (TPSA) is 39.1 Å². The van der Waals surface area contributed by atoms with Crippen molar-refractivity contribution in [3.8, 4) is 6.07 Å². The fourth-order valence-corrected chi connectivity index (χ4v) is 1.56. The van der Waals surface area contributed by atoms with Crippen LogP contribution in [0.5, 0.6) is 0 Å². The lowest BCUT2D eigenvalue weighted by Crippen LogP contribution is -2.28. The van der Waals surface area contributed by atoms with Gasteiger partial charge in [-0.15, -0.1) is 0 Å². The van der Waals surface area contributed by atoms with Gasteiger partial charge in [0.1, 0.15) is 0 Å². The minimum Gasteiger partial charge on any atom is -0.384 e. The third-order valence-electron chi connectivity index (χ3n) is 2.67. The molecule has 86 valence electrons. The van der Waals surface area contributed by atoms with Crippen LogP contribution in [0.15, 0.2) is 24.3 Å². The molecule has 0 fully saturated rings. The van der Waals surface area contributed by atoms with E-state index in [0.717, 1.165) is 31.9 Å². The molecule has 3 nitrogen and oxygen atoms in total. The van der Waals surface area contributed by atoms with Crippen molar-refractivity contribution in [2.45, 2.75) is 13.8 Å². The number of likely N-dealkylation sites (N-methyl/N-ethyl adjacent to an activating group) is 1. The Morgan fingerprint density at radius 1 is 1.19 bits per heavy atom. The fourth-order valence-electron chi connectivity index (χ4n) is 1.56. The molecule has 1 aromatic rings. The molecule has 1 rings (SSSR count). The summed E-state index contributed by atoms with van der Waals surface area (Å²) in [6, 6.07) is 9.67. The highest BCUT2D eigenvalue weighted by Crippen LogP contribution is 2.08. The Hall–Kier alpha value is -1.53. The molecule has 1 N–H and O–H groups in total. The highest BCUT2D eigenvalue weighted by molar-refractivity contribution is 5.47. The molecular weight excluding hydrogens is 198 g/mol. The second kappa shape index (κ2) is 6.86. The molecule has 0 radical (unpaired) electrons. The van der Waals surface area contributed by atoms with E-state index < -0.39 is 0 Å². The summed E-state index contributed by atoms with van der Waals surface area (Å²) in [5, 5.41) is 12.0. The van der Waals surface area contributed by atoms with Gasteiger partial charge in [-0.1, -0.05) is 13.8 Å². The Bertz CT molecular complexity index is 333. The largest absolute Gasteiger partial charge is 0.384 e. The number of benzene rings is 1. The Labute approximate surface area is 97.7 Å². The SMILES string of the molecule is CCN(CC)CCNc1ccc(C#N)cc1. The first kappa shape index (κ1) is 12.5. The maximum absolute atomic E-state index is 8.66. The van der Waals surface area contributed by atoms with Gasteiger partial charge in [-0.05, 0) is 37.4 Å². The zero-order chi connectivity index (χ0) is 11.8. The van der Waals surface area contributed by atoms with Gasteiger partial charge in [-0.2, -0.15) is 5.26 Å². The lowest BCUT2D eigenvalue weighted by Gasteiger charge is -2.18. The number of rotatable bonds is 6. The summed E-state index contributed by atoms with van der Waals surface area (Å²) >= 11 is 0. The van der Waals surface area contributed by atoms with Crippen molar-refractivity contribution < 1.29 is 0 Å². The van der Waals surface area contributed by atoms with E-state index >= 15 is 0 Å². The highest BCUT2D eigenvalue weighted by atomic mass is 15.1. The maximum atomic E-state index is 8.66. The predicted molar refractivity (Wildman–Crippen MR) is 67.4 cm³/mol. The second-order valence-corrected chi connectivity index (χ2v) is 3.64. The van der Waals surface area contributed by atoms with Crippen LogP contribution in [-0.4, -0.2) is 31.1 Å². The van der Waals surface area contributed by atoms with Crippen LogP contribution in [-0.2, 0) is 0 Å². The van der Waals surface area contributed by atoms with Gasteiger partial charge in [-0.25, -0.2) is 0 Å². The van der Waals surface area contributed by atoms with E-state index in [1.165, 1.54) is 0 Å². The minimum absolute atomic E-state index is 0.703. The molecule has 16 heavy (non-hydrogen) atoms. The van der Waals surface area contributed by atoms with Crippen LogP contribution >= 0.6 is 0 Å². The van der Waals surface area contributed by atoms with E-state index in [2.05, 4.69) is 30.1 Å². The Balaban J connectivity index is 2.34. The van der Waals surface area contributed by atoms with E-state index in [9.17, 15) is 0 Å². The smallest absolute Gasteiger partial charge is 0.0991 e. The zero-order valence-corrected chi connectivity index (χ0v) is 10.0. The normalized spacial score (nSPS) is 10.1. The van der Waals surface area contributed by atoms with Crippen LogP contribution in [0.1, 0.15) is 19.4 Å². The van der Waals surface area contributed by atoms with Crippen LogP contribution in [0.3, 0.4) is 0 Å². The number of hydrogen-bond acceptors (Lipinski definition) is 3. The third-order valence-corrected chi connectivity index (χ3v) is 2.67. The van der Waals surface area contributed by atoms with E-state index in [-0.39, 0.29) is 0 Å². The Morgan fingerprint density at radius 2 is 1.81 bits per heavy atom. The predicted octanol–water partition coefficient (Wildman–Crippen LogP) is 2.31. The van der Waals surface area contributed by atoms with E-state index in [1.54, 1.807) is 0 Å². The summed E-state index contributed by atoms with van der Waals surface area (Å²) in [5.41, 5.74) is 1.78. The van der Waals surface area contributed by atoms with Gasteiger partial charge in [-0.3, -0.25) is 0 Å². The van der Waals surface area contributed by atoms with Gasteiger partial charge in [0.2, 0.25) is 0 Å². The average molecular weight is 217 g/mol. The summed E-state index contributed by atoms with van der Waals surface area (Å²) < 4.78 is 0. The van der Waals surface area contributed by atoms with E-state index in [0.29, 0.717) is 5.56 Å². The molecular formula is C13H19N3. The fraction of sp³-hybridized carbons (Fsp3) is 0.462. The summed E-state index contributed by atoms with van der Waals surface area (Å²) in [4.78, 5) is 2.37. The molecule has 0 aliphatic carbocycles. The first-order valence-corrected chi connectivity index (χ1v) is 5.76. The monoisotopic (exact) mass is 217 g/mol. The molecule has 0 bridgehead atoms. The molecule has 3 heteroatoms. The number of nitrogens with one attached hydrogen (secondary N) is 1. The van der Waals surface area contributed by atoms with Gasteiger partial charge in [0.15, 0.2) is 0 Å². The quantitative estimate of drug-likeness (QED) is 0.794. The lowest BCUT2D eigenvalue weighted by atomic mass is 10.2. The molecule has 0 spiro atoms. The number of hydrogen-bond donors (Lipinski definition) is 1. The van der Waals surface area contributed by atoms with Gasteiger partial charge >= 0.3 is 0 Å². The van der Waals surface area contributed by atoms with Gasteiger partial charge in [0.05, 0.1) is 11.6 Å². The third kappa shape index (κ3) is 3.92. The van der Waals surface area contributed by atoms with E-state index in [4.69, 9.17) is 5.26 Å². The average Bonchev–Trinajstić information content (AvgIpc) is 2.35. The molecule has 1 aromatic carbocycles. The van der Waals surface area contributed by atoms with Gasteiger partial charge in [0, 0.05) is 18.8 Å². The Morgan fingerprint density at radius 3 is 2.31 bits per heavy atom. The molecule has 0 aliphatic heterocycles. The summed E-state index contributed by atoms with van der Waals surface area (Å²) in [6.07, 6.45) is 0. The number of anilines is 1. The minimum atomic E-state index is 0.703. The van der Waals surface area contributed by atoms with Crippen molar-refractivity contribution in [1.82, 2.24) is 4.90 Å². The molecule has 0 heterocycles. The van der Waals surface area contributed by atoms with Crippen LogP contribution in [0, 0.1) is 11.3 Å². The first-order chi connectivity index (χ1) is 7.80. The molecule has 0 amide bonds. The lowest BCUT2D eigenvalue weighted by molar-refractivity contribution is 0.316. The summed E-state index contributed by atoms with van der Waals surface area (Å²) in [6.45, 7) is 8.51. The molecule has 0 saturated carbocycles. The second-order valence-electron chi connectivity index (χ2n) is 3.64. The highest BCUT2D eigenvalue weighted by Gasteiger charge is 1.98. The van der Waals surface area contributed by atoms with Gasteiger partial charge in [0.25, 0.3) is 0 Å². The van der Waals surface area contributed by atoms with Crippen LogP contribution in [0.25, 0.3) is 0 Å². The van der Waals surface area contributed by atoms with Crippen molar-refractivity contribution in [1.29, 1.82) is 5.26 Å². The summed E-state index contributed by atoms with van der Waals surface area (Å²) in [5.74, 6) is 0. The maximum Gasteiger partial charge on any atom is 0.0991 e. The van der Waals surface area contributed by atoms with Crippen LogP contribution < -0.4 is 5.32 Å². The summed E-state index contributed by atoms with van der Waals surface area (Å²) in [7, 11) is 0. The molecule has 0 aromatic heterocycles. The first-order valence-electron chi connectivity index (χ1n) is 5.76. The molecule has 0 unspecified atom stereocenters. The standard InChI is InChI=1S/C13H19N3/c1-3-16(4-2)10-9-15-13-7-5-12(11-14)6-8-13/h5-8,15H,3-4,9-10H2,1-2H3. The molecule has 0 atom stereocenters. The van der Waals surface area contributed by atoms with Crippen LogP contribution in [0.2, 0.25) is 0 Å². The Kier molecular flexibility index (Phi) is 5.38. The molecule has 0 saturated heterocycles. The van der Waals surface area contributed by atoms with Crippen molar-refractivity contribution in [3.05, 3.63) is 29.8 Å². The van der Waals surface area contributed by atoms with Crippen molar-refractivity contribution in [2.75, 3.05) is 31.5 Å². The van der Waals surface area contributed by atoms with Crippen LogP contribution in [0.4, 0.5) is 5.69 Å². The van der Waals surface area contributed by atoms with Crippen molar-refractivity contribution >= 4 is 5.69 Å². The van der Waals surface area contributed by atoms with Crippen molar-refractivity contribution in [2.24, 2.45) is 0 Å².